The lowest BCUT2D eigenvalue weighted by Gasteiger charge is -2.38. The molecule has 0 spiro atoms. The van der Waals surface area contributed by atoms with Crippen LogP contribution < -0.4 is 9.47 Å². The molecule has 0 bridgehead atoms. The van der Waals surface area contributed by atoms with Crippen molar-refractivity contribution in [3.8, 4) is 17.7 Å². The summed E-state index contributed by atoms with van der Waals surface area (Å²) in [7, 11) is 1.82. The van der Waals surface area contributed by atoms with E-state index in [2.05, 4.69) is 9.73 Å². The summed E-state index contributed by atoms with van der Waals surface area (Å²) >= 11 is 0. The average Bonchev–Trinajstić information content (AvgIpc) is 2.86. The van der Waals surface area contributed by atoms with E-state index in [0.29, 0.717) is 36.1 Å². The summed E-state index contributed by atoms with van der Waals surface area (Å²) in [6.45, 7) is 4.95. The summed E-state index contributed by atoms with van der Waals surface area (Å²) in [5.41, 5.74) is 0.417. The molecule has 0 atom stereocenters. The van der Waals surface area contributed by atoms with E-state index in [0.717, 1.165) is 0 Å². The highest BCUT2D eigenvalue weighted by molar-refractivity contribution is 5.86. The van der Waals surface area contributed by atoms with E-state index in [1.165, 1.54) is 18.2 Å². The van der Waals surface area contributed by atoms with Gasteiger partial charge in [-0.2, -0.15) is 5.26 Å². The van der Waals surface area contributed by atoms with Gasteiger partial charge in [-0.25, -0.2) is 0 Å². The number of rotatable bonds is 2. The van der Waals surface area contributed by atoms with Crippen LogP contribution in [0.1, 0.15) is 19.4 Å². The van der Waals surface area contributed by atoms with Crippen LogP contribution in [-0.4, -0.2) is 47.9 Å². The van der Waals surface area contributed by atoms with E-state index in [1.807, 2.05) is 30.7 Å². The molecule has 1 aromatic carbocycles. The smallest absolute Gasteiger partial charge is 0.481 e. The third kappa shape index (κ3) is 3.40. The molecule has 1 saturated heterocycles. The summed E-state index contributed by atoms with van der Waals surface area (Å²) in [5, 5.41) is 8.93. The highest BCUT2D eigenvalue weighted by atomic mass is 19.4. The number of ether oxygens (including phenoxy) is 2. The average molecular weight is 366 g/mol. The van der Waals surface area contributed by atoms with Crippen molar-refractivity contribution >= 4 is 12.0 Å². The molecule has 9 heteroatoms. The van der Waals surface area contributed by atoms with Crippen molar-refractivity contribution in [1.29, 1.82) is 5.26 Å². The summed E-state index contributed by atoms with van der Waals surface area (Å²) < 4.78 is 47.4. The maximum absolute atomic E-state index is 12.5. The highest BCUT2D eigenvalue weighted by Gasteiger charge is 2.39. The zero-order valence-corrected chi connectivity index (χ0v) is 14.5. The Morgan fingerprint density at radius 3 is 2.69 bits per heavy atom. The van der Waals surface area contributed by atoms with Gasteiger partial charge in [-0.3, -0.25) is 0 Å². The van der Waals surface area contributed by atoms with Crippen LogP contribution in [0.5, 0.6) is 11.5 Å². The van der Waals surface area contributed by atoms with Crippen LogP contribution in [0.2, 0.25) is 0 Å². The lowest BCUT2D eigenvalue weighted by Crippen LogP contribution is -2.44. The molecule has 0 N–H and O–H groups in total. The Balaban J connectivity index is 2.02. The third-order valence-electron chi connectivity index (χ3n) is 4.17. The Morgan fingerprint density at radius 1 is 1.31 bits per heavy atom. The Labute approximate surface area is 148 Å². The van der Waals surface area contributed by atoms with E-state index in [4.69, 9.17) is 10.00 Å². The van der Waals surface area contributed by atoms with Gasteiger partial charge < -0.3 is 19.3 Å². The zero-order chi connectivity index (χ0) is 19.1. The number of hydrogen-bond acceptors (Lipinski definition) is 4. The second-order valence-corrected chi connectivity index (χ2v) is 6.47. The molecular formula is C17H17F3N4O2. The maximum Gasteiger partial charge on any atom is 0.573 e. The molecule has 0 saturated carbocycles. The minimum atomic E-state index is -4.76. The monoisotopic (exact) mass is 366 g/mol. The van der Waals surface area contributed by atoms with Crippen LogP contribution in [0.15, 0.2) is 28.9 Å². The number of aliphatic imine (C=N–C) groups is 1. The van der Waals surface area contributed by atoms with Gasteiger partial charge in [-0.05, 0) is 38.1 Å². The van der Waals surface area contributed by atoms with Crippen molar-refractivity contribution in [2.45, 2.75) is 25.8 Å². The number of likely N-dealkylation sites (N-methyl/N-ethyl adjacent to an activating group) is 1. The fourth-order valence-electron chi connectivity index (χ4n) is 3.06. The topological polar surface area (TPSA) is 61.1 Å². The Hall–Kier alpha value is -2.89. The molecule has 1 fully saturated rings. The Kier molecular flexibility index (Phi) is 4.22. The SMILES string of the molecule is CN1CCN(C2=Cc3cc(OC(F)(F)F)ccc3OC2(C)C)C1=NC#N. The van der Waals surface area contributed by atoms with Gasteiger partial charge in [0.15, 0.2) is 0 Å². The molecular weight excluding hydrogens is 349 g/mol. The molecule has 3 rings (SSSR count). The Morgan fingerprint density at radius 2 is 2.04 bits per heavy atom. The van der Waals surface area contributed by atoms with E-state index in [1.54, 1.807) is 12.3 Å². The number of hydrogen-bond donors (Lipinski definition) is 0. The molecule has 0 unspecified atom stereocenters. The number of benzene rings is 1. The van der Waals surface area contributed by atoms with Gasteiger partial charge in [-0.1, -0.05) is 0 Å². The van der Waals surface area contributed by atoms with Crippen LogP contribution >= 0.6 is 0 Å². The molecule has 2 heterocycles. The van der Waals surface area contributed by atoms with Gasteiger partial charge >= 0.3 is 6.36 Å². The van der Waals surface area contributed by atoms with E-state index in [9.17, 15) is 13.2 Å². The molecule has 138 valence electrons. The zero-order valence-electron chi connectivity index (χ0n) is 14.5. The van der Waals surface area contributed by atoms with Crippen LogP contribution in [0.3, 0.4) is 0 Å². The minimum absolute atomic E-state index is 0.320. The summed E-state index contributed by atoms with van der Waals surface area (Å²) in [6, 6.07) is 3.94. The molecule has 6 nitrogen and oxygen atoms in total. The van der Waals surface area contributed by atoms with Crippen molar-refractivity contribution in [2.75, 3.05) is 20.1 Å². The van der Waals surface area contributed by atoms with E-state index >= 15 is 0 Å². The molecule has 0 aliphatic carbocycles. The highest BCUT2D eigenvalue weighted by Crippen LogP contribution is 2.40. The first kappa shape index (κ1) is 17.9. The number of nitrogens with zero attached hydrogens (tertiary/aromatic N) is 4. The quantitative estimate of drug-likeness (QED) is 0.753. The molecule has 0 aromatic heterocycles. The molecule has 2 aliphatic rings. The normalized spacial score (nSPS) is 20.3. The number of fused-ring (bicyclic) bond motifs is 1. The van der Waals surface area contributed by atoms with Crippen LogP contribution in [0.4, 0.5) is 13.2 Å². The largest absolute Gasteiger partial charge is 0.573 e. The second kappa shape index (κ2) is 6.12. The first-order chi connectivity index (χ1) is 12.1. The van der Waals surface area contributed by atoms with Gasteiger partial charge in [-0.15, -0.1) is 18.2 Å². The van der Waals surface area contributed by atoms with Gasteiger partial charge in [0.25, 0.3) is 0 Å². The fourth-order valence-corrected chi connectivity index (χ4v) is 3.06. The fraction of sp³-hybridized carbons (Fsp3) is 0.412. The minimum Gasteiger partial charge on any atom is -0.481 e. The molecule has 26 heavy (non-hydrogen) atoms. The lowest BCUT2D eigenvalue weighted by molar-refractivity contribution is -0.274. The number of alkyl halides is 3. The van der Waals surface area contributed by atoms with Crippen molar-refractivity contribution in [3.05, 3.63) is 29.5 Å². The van der Waals surface area contributed by atoms with Gasteiger partial charge in [0.2, 0.25) is 12.2 Å². The molecule has 1 aromatic rings. The number of guanidine groups is 1. The predicted molar refractivity (Wildman–Crippen MR) is 88.2 cm³/mol. The lowest BCUT2D eigenvalue weighted by atomic mass is 9.96. The van der Waals surface area contributed by atoms with Crippen molar-refractivity contribution < 1.29 is 22.6 Å². The maximum atomic E-state index is 12.5. The Bertz CT molecular complexity index is 824. The van der Waals surface area contributed by atoms with Crippen molar-refractivity contribution in [1.82, 2.24) is 9.80 Å². The summed E-state index contributed by atoms with van der Waals surface area (Å²) in [6.07, 6.45) is -1.24. The second-order valence-electron chi connectivity index (χ2n) is 6.47. The molecule has 0 radical (unpaired) electrons. The van der Waals surface area contributed by atoms with E-state index in [-0.39, 0.29) is 5.75 Å². The third-order valence-corrected chi connectivity index (χ3v) is 4.17. The summed E-state index contributed by atoms with van der Waals surface area (Å²) in [5.74, 6) is 0.612. The van der Waals surface area contributed by atoms with Crippen LogP contribution in [-0.2, 0) is 0 Å². The van der Waals surface area contributed by atoms with Gasteiger partial charge in [0.05, 0.1) is 5.70 Å². The van der Waals surface area contributed by atoms with Crippen LogP contribution in [0.25, 0.3) is 6.08 Å². The first-order valence-electron chi connectivity index (χ1n) is 7.87. The van der Waals surface area contributed by atoms with Gasteiger partial charge in [0.1, 0.15) is 17.1 Å². The van der Waals surface area contributed by atoms with Crippen LogP contribution in [0, 0.1) is 11.5 Å². The first-order valence-corrected chi connectivity index (χ1v) is 7.87. The standard InChI is InChI=1S/C17H17F3N4O2/c1-16(2)14(24-7-6-23(3)15(24)22-10-21)9-11-8-12(25-17(18,19)20)4-5-13(11)26-16/h4-5,8-9H,6-7H2,1-3H3. The van der Waals surface area contributed by atoms with E-state index < -0.39 is 12.0 Å². The molecule has 0 amide bonds. The van der Waals surface area contributed by atoms with Crippen molar-refractivity contribution in [3.63, 3.8) is 0 Å². The number of halogens is 3. The predicted octanol–water partition coefficient (Wildman–Crippen LogP) is 3.18. The summed E-state index contributed by atoms with van der Waals surface area (Å²) in [4.78, 5) is 7.52. The number of nitriles is 1. The van der Waals surface area contributed by atoms with Crippen molar-refractivity contribution in [2.24, 2.45) is 4.99 Å². The van der Waals surface area contributed by atoms with Gasteiger partial charge in [0, 0.05) is 25.7 Å². The molecule has 2 aliphatic heterocycles.